The highest BCUT2D eigenvalue weighted by Gasteiger charge is 2.30. The van der Waals surface area contributed by atoms with E-state index in [4.69, 9.17) is 4.74 Å². The van der Waals surface area contributed by atoms with Crippen LogP contribution in [0, 0.1) is 6.92 Å². The van der Waals surface area contributed by atoms with E-state index in [1.54, 1.807) is 38.1 Å². The molecule has 180 valence electrons. The Hall–Kier alpha value is -3.53. The minimum absolute atomic E-state index is 0.0182. The van der Waals surface area contributed by atoms with Gasteiger partial charge in [-0.1, -0.05) is 25.1 Å². The van der Waals surface area contributed by atoms with Crippen LogP contribution < -0.4 is 14.8 Å². The Labute approximate surface area is 195 Å². The summed E-state index contributed by atoms with van der Waals surface area (Å²) in [4.78, 5) is 12.8. The van der Waals surface area contributed by atoms with Crippen molar-refractivity contribution in [1.82, 2.24) is 0 Å². The van der Waals surface area contributed by atoms with Gasteiger partial charge in [-0.15, -0.1) is 0 Å². The lowest BCUT2D eigenvalue weighted by Gasteiger charge is -2.15. The molecule has 0 radical (unpaired) electrons. The van der Waals surface area contributed by atoms with Crippen LogP contribution in [0.1, 0.15) is 34.8 Å². The summed E-state index contributed by atoms with van der Waals surface area (Å²) in [6.07, 6.45) is -4.04. The Morgan fingerprint density at radius 3 is 2.24 bits per heavy atom. The number of nitrogens with one attached hydrogen (secondary N) is 2. The maximum Gasteiger partial charge on any atom is 0.416 e. The SMILES string of the molecule is CCCS(=O)(=O)Nc1cccc(NC(=O)c2cccc(Oc3cccc(C(F)(F)F)c3)c2)c1C. The van der Waals surface area contributed by atoms with Crippen molar-refractivity contribution in [3.63, 3.8) is 0 Å². The lowest BCUT2D eigenvalue weighted by molar-refractivity contribution is -0.137. The third-order valence-corrected chi connectivity index (χ3v) is 6.29. The van der Waals surface area contributed by atoms with Crippen LogP contribution in [0.15, 0.2) is 66.7 Å². The Kier molecular flexibility index (Phi) is 7.51. The Bertz CT molecular complexity index is 1290. The summed E-state index contributed by atoms with van der Waals surface area (Å²) in [7, 11) is -3.50. The van der Waals surface area contributed by atoms with Gasteiger partial charge in [0.25, 0.3) is 5.91 Å². The molecule has 1 amide bonds. The number of rotatable bonds is 8. The number of ether oxygens (including phenoxy) is 1. The zero-order valence-electron chi connectivity index (χ0n) is 18.4. The summed E-state index contributed by atoms with van der Waals surface area (Å²) >= 11 is 0. The molecule has 2 N–H and O–H groups in total. The minimum Gasteiger partial charge on any atom is -0.457 e. The summed E-state index contributed by atoms with van der Waals surface area (Å²) in [6.45, 7) is 3.43. The van der Waals surface area contributed by atoms with Crippen molar-refractivity contribution in [2.24, 2.45) is 0 Å². The summed E-state index contributed by atoms with van der Waals surface area (Å²) in [6, 6.07) is 15.3. The number of alkyl halides is 3. The fraction of sp³-hybridized carbons (Fsp3) is 0.208. The van der Waals surface area contributed by atoms with Crippen molar-refractivity contribution >= 4 is 27.3 Å². The molecule has 0 unspecified atom stereocenters. The molecule has 0 saturated carbocycles. The van der Waals surface area contributed by atoms with Gasteiger partial charge in [-0.25, -0.2) is 8.42 Å². The van der Waals surface area contributed by atoms with E-state index in [9.17, 15) is 26.4 Å². The molecule has 0 aromatic heterocycles. The van der Waals surface area contributed by atoms with E-state index in [0.717, 1.165) is 12.1 Å². The molecule has 0 saturated heterocycles. The highest BCUT2D eigenvalue weighted by molar-refractivity contribution is 7.92. The monoisotopic (exact) mass is 492 g/mol. The van der Waals surface area contributed by atoms with E-state index in [2.05, 4.69) is 10.0 Å². The van der Waals surface area contributed by atoms with Gasteiger partial charge < -0.3 is 10.1 Å². The predicted octanol–water partition coefficient (Wildman–Crippen LogP) is 6.21. The van der Waals surface area contributed by atoms with Gasteiger partial charge in [0.1, 0.15) is 11.5 Å². The van der Waals surface area contributed by atoms with E-state index < -0.39 is 27.7 Å². The molecule has 0 heterocycles. The first kappa shape index (κ1) is 25.1. The summed E-state index contributed by atoms with van der Waals surface area (Å²) < 4.78 is 71.0. The zero-order chi connectivity index (χ0) is 24.9. The highest BCUT2D eigenvalue weighted by atomic mass is 32.2. The van der Waals surface area contributed by atoms with Crippen LogP contribution in [0.2, 0.25) is 0 Å². The zero-order valence-corrected chi connectivity index (χ0v) is 19.3. The molecule has 10 heteroatoms. The Morgan fingerprint density at radius 1 is 0.941 bits per heavy atom. The number of carbonyl (C=O) groups excluding carboxylic acids is 1. The summed E-state index contributed by atoms with van der Waals surface area (Å²) in [5, 5.41) is 2.73. The number of halogens is 3. The fourth-order valence-corrected chi connectivity index (χ4v) is 4.33. The first-order chi connectivity index (χ1) is 16.0. The number of hydrogen-bond donors (Lipinski definition) is 2. The maximum atomic E-state index is 12.9. The molecule has 0 fully saturated rings. The molecule has 0 aliphatic carbocycles. The molecule has 34 heavy (non-hydrogen) atoms. The molecule has 6 nitrogen and oxygen atoms in total. The summed E-state index contributed by atoms with van der Waals surface area (Å²) in [5.41, 5.74) is 0.662. The second kappa shape index (κ2) is 10.2. The van der Waals surface area contributed by atoms with E-state index in [1.165, 1.54) is 30.3 Å². The molecule has 0 spiro atoms. The minimum atomic E-state index is -4.50. The predicted molar refractivity (Wildman–Crippen MR) is 125 cm³/mol. The quantitative estimate of drug-likeness (QED) is 0.392. The number of sulfonamides is 1. The van der Waals surface area contributed by atoms with Crippen molar-refractivity contribution < 1.29 is 31.1 Å². The number of anilines is 2. The topological polar surface area (TPSA) is 84.5 Å². The highest BCUT2D eigenvalue weighted by Crippen LogP contribution is 2.33. The van der Waals surface area contributed by atoms with Crippen LogP contribution in [0.5, 0.6) is 11.5 Å². The van der Waals surface area contributed by atoms with Crippen molar-refractivity contribution in [3.05, 3.63) is 83.4 Å². The van der Waals surface area contributed by atoms with E-state index in [-0.39, 0.29) is 22.8 Å². The number of hydrogen-bond acceptors (Lipinski definition) is 4. The number of benzene rings is 3. The van der Waals surface area contributed by atoms with Gasteiger partial charge in [-0.2, -0.15) is 13.2 Å². The van der Waals surface area contributed by atoms with Gasteiger partial charge in [0, 0.05) is 11.3 Å². The molecule has 0 aliphatic heterocycles. The summed E-state index contributed by atoms with van der Waals surface area (Å²) in [5.74, 6) is -0.354. The normalized spacial score (nSPS) is 11.7. The van der Waals surface area contributed by atoms with Gasteiger partial charge in [-0.3, -0.25) is 9.52 Å². The molecule has 0 bridgehead atoms. The maximum absolute atomic E-state index is 12.9. The fourth-order valence-electron chi connectivity index (χ4n) is 3.14. The lowest BCUT2D eigenvalue weighted by atomic mass is 10.1. The lowest BCUT2D eigenvalue weighted by Crippen LogP contribution is -2.18. The number of amides is 1. The van der Waals surface area contributed by atoms with Crippen molar-refractivity contribution in [1.29, 1.82) is 0 Å². The second-order valence-corrected chi connectivity index (χ2v) is 9.35. The first-order valence-electron chi connectivity index (χ1n) is 10.3. The Balaban J connectivity index is 1.77. The average molecular weight is 493 g/mol. The average Bonchev–Trinajstić information content (AvgIpc) is 2.76. The van der Waals surface area contributed by atoms with Crippen LogP contribution in [0.25, 0.3) is 0 Å². The van der Waals surface area contributed by atoms with Gasteiger partial charge in [0.05, 0.1) is 17.0 Å². The van der Waals surface area contributed by atoms with E-state index in [0.29, 0.717) is 23.4 Å². The van der Waals surface area contributed by atoms with Crippen LogP contribution >= 0.6 is 0 Å². The van der Waals surface area contributed by atoms with Gasteiger partial charge in [0.15, 0.2) is 0 Å². The van der Waals surface area contributed by atoms with E-state index in [1.807, 2.05) is 0 Å². The largest absolute Gasteiger partial charge is 0.457 e. The molecular formula is C24H23F3N2O4S. The third kappa shape index (κ3) is 6.50. The molecule has 0 atom stereocenters. The third-order valence-electron chi connectivity index (χ3n) is 4.81. The molecule has 3 rings (SSSR count). The molecular weight excluding hydrogens is 469 g/mol. The van der Waals surface area contributed by atoms with Crippen LogP contribution in [0.3, 0.4) is 0 Å². The second-order valence-electron chi connectivity index (χ2n) is 7.51. The standard InChI is InChI=1S/C24H23F3N2O4S/c1-3-13-34(31,32)29-22-12-6-11-21(16(22)2)28-23(30)17-7-4-9-19(14-17)33-20-10-5-8-18(15-20)24(25,26)27/h4-12,14-15,29H,3,13H2,1-2H3,(H,28,30). The smallest absolute Gasteiger partial charge is 0.416 e. The molecule has 0 aliphatic rings. The van der Waals surface area contributed by atoms with Crippen molar-refractivity contribution in [2.75, 3.05) is 15.8 Å². The molecule has 3 aromatic rings. The first-order valence-corrected chi connectivity index (χ1v) is 12.0. The van der Waals surface area contributed by atoms with Gasteiger partial charge in [0.2, 0.25) is 10.0 Å². The number of carbonyl (C=O) groups is 1. The molecule has 3 aromatic carbocycles. The van der Waals surface area contributed by atoms with Crippen molar-refractivity contribution in [2.45, 2.75) is 26.4 Å². The van der Waals surface area contributed by atoms with Crippen LogP contribution in [-0.4, -0.2) is 20.1 Å². The van der Waals surface area contributed by atoms with E-state index >= 15 is 0 Å². The van der Waals surface area contributed by atoms with Crippen LogP contribution in [-0.2, 0) is 16.2 Å². The van der Waals surface area contributed by atoms with Gasteiger partial charge >= 0.3 is 6.18 Å². The van der Waals surface area contributed by atoms with Crippen LogP contribution in [0.4, 0.5) is 24.5 Å². The van der Waals surface area contributed by atoms with Crippen molar-refractivity contribution in [3.8, 4) is 11.5 Å². The Morgan fingerprint density at radius 2 is 1.56 bits per heavy atom. The van der Waals surface area contributed by atoms with Gasteiger partial charge in [-0.05, 0) is 67.4 Å².